The molecule has 1 N–H and O–H groups in total. The molecule has 2 heterocycles. The van der Waals surface area contributed by atoms with Gasteiger partial charge in [-0.3, -0.25) is 9.97 Å². The van der Waals surface area contributed by atoms with Gasteiger partial charge in [0.15, 0.2) is 0 Å². The van der Waals surface area contributed by atoms with Gasteiger partial charge in [-0.1, -0.05) is 30.3 Å². The van der Waals surface area contributed by atoms with E-state index in [-0.39, 0.29) is 33.3 Å². The van der Waals surface area contributed by atoms with Crippen LogP contribution in [0.3, 0.4) is 0 Å². The van der Waals surface area contributed by atoms with Crippen molar-refractivity contribution in [3.8, 4) is 12.4 Å². The van der Waals surface area contributed by atoms with Crippen molar-refractivity contribution < 1.29 is 53.2 Å². The maximum Gasteiger partial charge on any atom is 0.459 e. The van der Waals surface area contributed by atoms with Crippen molar-refractivity contribution in [3.63, 3.8) is 0 Å². The quantitative estimate of drug-likeness (QED) is 0.189. The Bertz CT molecular complexity index is 1470. The van der Waals surface area contributed by atoms with Crippen molar-refractivity contribution in [2.75, 3.05) is 19.1 Å². The zero-order valence-corrected chi connectivity index (χ0v) is 25.7. The molecule has 0 amide bonds. The molecule has 0 aliphatic carbocycles. The number of nitriles is 2. The second-order valence-corrected chi connectivity index (χ2v) is 13.0. The second kappa shape index (κ2) is 18.8. The molecule has 46 heavy (non-hydrogen) atoms. The molecule has 0 fully saturated rings. The summed E-state index contributed by atoms with van der Waals surface area (Å²) >= 11 is 0. The van der Waals surface area contributed by atoms with Gasteiger partial charge in [0, 0.05) is 38.9 Å². The largest absolute Gasteiger partial charge is 0.459 e. The van der Waals surface area contributed by atoms with E-state index in [9.17, 15) is 48.1 Å². The van der Waals surface area contributed by atoms with E-state index in [2.05, 4.69) is 18.7 Å². The van der Waals surface area contributed by atoms with Gasteiger partial charge >= 0.3 is 24.2 Å². The molecule has 4 unspecified atom stereocenters. The first-order chi connectivity index (χ1) is 20.0. The summed E-state index contributed by atoms with van der Waals surface area (Å²) in [6, 6.07) is 3.26. The molecule has 257 valence electrons. The van der Waals surface area contributed by atoms with Gasteiger partial charge < -0.3 is 5.11 Å². The summed E-state index contributed by atoms with van der Waals surface area (Å²) in [6.45, 7) is 5.02. The molecular formula is C25H30BF10N6O2S2. The number of aliphatic hydroxyl groups excluding tert-OH is 1. The van der Waals surface area contributed by atoms with E-state index >= 15 is 0 Å². The predicted octanol–water partition coefficient (Wildman–Crippen LogP) is 7.34. The molecular weight excluding hydrogens is 681 g/mol. The molecule has 2 aromatic rings. The van der Waals surface area contributed by atoms with Crippen LogP contribution in [0.25, 0.3) is 0 Å². The molecule has 0 bridgehead atoms. The Hall–Kier alpha value is -3.30. The van der Waals surface area contributed by atoms with Crippen LogP contribution >= 0.6 is 0 Å². The molecule has 2 aromatic heterocycles. The lowest BCUT2D eigenvalue weighted by Gasteiger charge is -2.19. The number of hydrogen-bond acceptors (Lipinski definition) is 8. The van der Waals surface area contributed by atoms with Gasteiger partial charge in [0.25, 0.3) is 0 Å². The minimum absolute atomic E-state index is 0. The Balaban J connectivity index is -0.000000712. The maximum atomic E-state index is 13.0. The highest BCUT2D eigenvalue weighted by Crippen LogP contribution is 2.44. The Morgan fingerprint density at radius 2 is 1.24 bits per heavy atom. The van der Waals surface area contributed by atoms with Crippen LogP contribution in [-0.2, 0) is 32.3 Å². The molecule has 4 atom stereocenters. The van der Waals surface area contributed by atoms with Gasteiger partial charge in [-0.25, -0.2) is 4.21 Å². The van der Waals surface area contributed by atoms with Crippen LogP contribution in [0.2, 0.25) is 0 Å². The molecule has 21 heteroatoms. The molecule has 0 saturated carbocycles. The summed E-state index contributed by atoms with van der Waals surface area (Å²) in [5.41, 5.74) is -2.22. The van der Waals surface area contributed by atoms with Crippen LogP contribution < -0.4 is 0 Å². The van der Waals surface area contributed by atoms with E-state index in [0.717, 1.165) is 24.5 Å². The van der Waals surface area contributed by atoms with Gasteiger partial charge in [0.05, 0.1) is 15.0 Å². The van der Waals surface area contributed by atoms with Crippen LogP contribution in [-0.4, -0.2) is 59.2 Å². The topological polar surface area (TPSA) is 135 Å². The molecule has 0 spiro atoms. The van der Waals surface area contributed by atoms with E-state index in [1.165, 1.54) is 19.4 Å². The summed E-state index contributed by atoms with van der Waals surface area (Å²) < 4.78 is 144. The molecule has 0 aliphatic rings. The minimum atomic E-state index is -5.75. The van der Waals surface area contributed by atoms with E-state index in [1.54, 1.807) is 26.3 Å². The number of aromatic nitrogens is 2. The zero-order chi connectivity index (χ0) is 34.7. The molecule has 0 saturated heterocycles. The third-order valence-corrected chi connectivity index (χ3v) is 9.14. The normalized spacial score (nSPS) is 14.8. The van der Waals surface area contributed by atoms with Crippen LogP contribution in [0, 0.1) is 22.9 Å². The summed E-state index contributed by atoms with van der Waals surface area (Å²) in [4.78, 5) is 6.28. The number of rotatable bonds is 6. The van der Waals surface area contributed by atoms with Crippen LogP contribution in [0.15, 0.2) is 45.4 Å². The standard InChI is InChI=1S/C11H10F5N3OS.C11H10F5N3S.C2H6O.CH4.B/c1-7(21(2,20)19-6-17)8-3-4-9(18-5-8)10(12,13)11(14,15)16;1-7(20(2)19-6-17)8-3-4-9(18-5-8)10(12,13)11(14,15)16;1-2-3;;/h3-5,7H,1-2H3;3-5,7H,1-2H3;3H,2H2,1H3;1H4;. The lowest BCUT2D eigenvalue weighted by molar-refractivity contribution is -0.291. The molecule has 0 aromatic carbocycles. The zero-order valence-electron chi connectivity index (χ0n) is 24.0. The summed E-state index contributed by atoms with van der Waals surface area (Å²) in [5.74, 6) is -10.1. The molecule has 8 nitrogen and oxygen atoms in total. The number of hydrogen-bond donors (Lipinski definition) is 1. The second-order valence-electron chi connectivity index (χ2n) is 8.47. The average molecular weight is 711 g/mol. The highest BCUT2D eigenvalue weighted by molar-refractivity contribution is 7.93. The average Bonchev–Trinajstić information content (AvgIpc) is 2.92. The molecule has 3 radical (unpaired) electrons. The smallest absolute Gasteiger partial charge is 0.397 e. The lowest BCUT2D eigenvalue weighted by Crippen LogP contribution is -2.34. The predicted molar refractivity (Wildman–Crippen MR) is 154 cm³/mol. The van der Waals surface area contributed by atoms with Gasteiger partial charge in [0.2, 0.25) is 12.4 Å². The van der Waals surface area contributed by atoms with Crippen molar-refractivity contribution >= 4 is 28.8 Å². The first-order valence-electron chi connectivity index (χ1n) is 11.7. The van der Waals surface area contributed by atoms with Gasteiger partial charge in [-0.2, -0.15) is 58.8 Å². The lowest BCUT2D eigenvalue weighted by atomic mass is 10.1. The summed E-state index contributed by atoms with van der Waals surface area (Å²) in [7, 11) is -3.67. The highest BCUT2D eigenvalue weighted by Gasteiger charge is 2.60. The van der Waals surface area contributed by atoms with E-state index in [1.807, 2.05) is 0 Å². The van der Waals surface area contributed by atoms with E-state index < -0.39 is 61.3 Å². The number of aliphatic hydroxyl groups is 1. The maximum absolute atomic E-state index is 13.0. The molecule has 0 aliphatic heterocycles. The fraction of sp³-hybridized carbons (Fsp3) is 0.520. The monoisotopic (exact) mass is 711 g/mol. The first kappa shape index (κ1) is 47.1. The first-order valence-corrected chi connectivity index (χ1v) is 15.4. The SMILES string of the molecule is C.CC(c1ccc(C(F)(F)C(F)(F)F)nc1)S(C)(=O)=NC#N.CC(c1ccc(C(F)(F)C(F)(F)F)nc1)S(C)=NC#N.CCO.[B]. The Morgan fingerprint density at radius 3 is 1.52 bits per heavy atom. The van der Waals surface area contributed by atoms with Crippen molar-refractivity contribution in [2.24, 2.45) is 8.73 Å². The number of nitrogens with zero attached hydrogens (tertiary/aromatic N) is 6. The van der Waals surface area contributed by atoms with E-state index in [0.29, 0.717) is 17.7 Å². The number of alkyl halides is 10. The highest BCUT2D eigenvalue weighted by atomic mass is 32.2. The van der Waals surface area contributed by atoms with Crippen molar-refractivity contribution in [1.29, 1.82) is 10.5 Å². The van der Waals surface area contributed by atoms with Crippen LogP contribution in [0.4, 0.5) is 43.9 Å². The minimum Gasteiger partial charge on any atom is -0.397 e. The summed E-state index contributed by atoms with van der Waals surface area (Å²) in [6.07, 6.45) is -3.87. The Kier molecular flexibility index (Phi) is 19.2. The van der Waals surface area contributed by atoms with Crippen molar-refractivity contribution in [3.05, 3.63) is 59.2 Å². The Morgan fingerprint density at radius 1 is 0.870 bits per heavy atom. The third-order valence-electron chi connectivity index (χ3n) is 5.44. The number of halogens is 10. The fourth-order valence-electron chi connectivity index (χ4n) is 2.71. The van der Waals surface area contributed by atoms with Crippen LogP contribution in [0.5, 0.6) is 0 Å². The van der Waals surface area contributed by atoms with Crippen LogP contribution in [0.1, 0.15) is 61.2 Å². The van der Waals surface area contributed by atoms with E-state index in [4.69, 9.17) is 15.6 Å². The van der Waals surface area contributed by atoms with Crippen molar-refractivity contribution in [1.82, 2.24) is 9.97 Å². The summed E-state index contributed by atoms with van der Waals surface area (Å²) in [5, 5.41) is 23.3. The number of pyridine rings is 2. The third kappa shape index (κ3) is 12.5. The Labute approximate surface area is 264 Å². The van der Waals surface area contributed by atoms with Gasteiger partial charge in [-0.05, 0) is 50.3 Å². The van der Waals surface area contributed by atoms with Gasteiger partial charge in [0.1, 0.15) is 11.4 Å². The van der Waals surface area contributed by atoms with Gasteiger partial charge in [-0.15, -0.1) is 4.36 Å². The fourth-order valence-corrected chi connectivity index (χ4v) is 4.49. The van der Waals surface area contributed by atoms with Crippen molar-refractivity contribution in [2.45, 2.75) is 62.9 Å². The molecule has 2 rings (SSSR count).